The number of aryl methyl sites for hydroxylation is 1. The molecule has 2 aromatic carbocycles. The number of β-amino-alcohol motifs (C(OH)–C–C–N with tert-alkyl or cyclic N) is 1. The molecule has 2 atom stereocenters. The first-order valence-corrected chi connectivity index (χ1v) is 10.2. The molecule has 0 bridgehead atoms. The monoisotopic (exact) mass is 389 g/mol. The molecule has 0 spiro atoms. The normalized spacial score (nSPS) is 19.6. The van der Waals surface area contributed by atoms with Crippen LogP contribution in [0.3, 0.4) is 0 Å². The standard InChI is InChI=1S/C19H23N3O4S/c1-13-4-2-3-5-17(13)22-27(25,26)16-8-6-14(7-9-16)19(24)21-11-15-10-20-12-18(15)23/h2-9,15,18,20,22-23H,10-12H2,1H3,(H,21,24). The molecule has 0 saturated carbocycles. The van der Waals surface area contributed by atoms with Crippen molar-refractivity contribution in [1.82, 2.24) is 10.6 Å². The van der Waals surface area contributed by atoms with E-state index in [2.05, 4.69) is 15.4 Å². The Bertz CT molecular complexity index is 913. The molecule has 2 aromatic rings. The van der Waals surface area contributed by atoms with Crippen molar-refractivity contribution in [3.63, 3.8) is 0 Å². The molecule has 144 valence electrons. The molecule has 0 aliphatic carbocycles. The number of carbonyl (C=O) groups excluding carboxylic acids is 1. The lowest BCUT2D eigenvalue weighted by Gasteiger charge is -2.14. The Morgan fingerprint density at radius 2 is 1.85 bits per heavy atom. The van der Waals surface area contributed by atoms with E-state index < -0.39 is 16.1 Å². The van der Waals surface area contributed by atoms with Crippen LogP contribution in [0.5, 0.6) is 0 Å². The van der Waals surface area contributed by atoms with Crippen molar-refractivity contribution in [3.05, 3.63) is 59.7 Å². The van der Waals surface area contributed by atoms with Crippen molar-refractivity contribution in [2.24, 2.45) is 5.92 Å². The molecule has 3 rings (SSSR count). The van der Waals surface area contributed by atoms with Crippen molar-refractivity contribution in [2.75, 3.05) is 24.4 Å². The Balaban J connectivity index is 1.65. The highest BCUT2D eigenvalue weighted by molar-refractivity contribution is 7.92. The summed E-state index contributed by atoms with van der Waals surface area (Å²) < 4.78 is 27.6. The maximum atomic E-state index is 12.5. The van der Waals surface area contributed by atoms with E-state index in [-0.39, 0.29) is 16.7 Å². The molecule has 1 aliphatic rings. The van der Waals surface area contributed by atoms with E-state index in [0.717, 1.165) is 5.56 Å². The summed E-state index contributed by atoms with van der Waals surface area (Å²) in [6, 6.07) is 12.9. The van der Waals surface area contributed by atoms with E-state index in [1.807, 2.05) is 19.1 Å². The Labute approximate surface area is 158 Å². The fraction of sp³-hybridized carbons (Fsp3) is 0.316. The molecule has 0 aromatic heterocycles. The highest BCUT2D eigenvalue weighted by Gasteiger charge is 2.25. The fourth-order valence-corrected chi connectivity index (χ4v) is 4.06. The third kappa shape index (κ3) is 4.65. The van der Waals surface area contributed by atoms with Crippen LogP contribution in [0, 0.1) is 12.8 Å². The number of aliphatic hydroxyl groups is 1. The first-order valence-electron chi connectivity index (χ1n) is 8.72. The van der Waals surface area contributed by atoms with E-state index in [1.54, 1.807) is 12.1 Å². The number of hydrogen-bond acceptors (Lipinski definition) is 5. The van der Waals surface area contributed by atoms with Gasteiger partial charge in [-0.05, 0) is 42.8 Å². The van der Waals surface area contributed by atoms with Crippen LogP contribution in [0.1, 0.15) is 15.9 Å². The Morgan fingerprint density at radius 3 is 2.48 bits per heavy atom. The summed E-state index contributed by atoms with van der Waals surface area (Å²) in [6.45, 7) is 3.37. The maximum Gasteiger partial charge on any atom is 0.261 e. The molecule has 7 nitrogen and oxygen atoms in total. The van der Waals surface area contributed by atoms with Crippen LogP contribution in [-0.2, 0) is 10.0 Å². The second-order valence-corrected chi connectivity index (χ2v) is 8.32. The van der Waals surface area contributed by atoms with Gasteiger partial charge in [0.05, 0.1) is 16.7 Å². The molecule has 1 heterocycles. The summed E-state index contributed by atoms with van der Waals surface area (Å²) in [5, 5.41) is 15.6. The number of aliphatic hydroxyl groups excluding tert-OH is 1. The molecule has 27 heavy (non-hydrogen) atoms. The van der Waals surface area contributed by atoms with Gasteiger partial charge in [0, 0.05) is 31.1 Å². The zero-order chi connectivity index (χ0) is 19.4. The molecule has 8 heteroatoms. The first-order chi connectivity index (χ1) is 12.9. The van der Waals surface area contributed by atoms with E-state index in [9.17, 15) is 18.3 Å². The average molecular weight is 389 g/mol. The Morgan fingerprint density at radius 1 is 1.15 bits per heavy atom. The maximum absolute atomic E-state index is 12.5. The summed E-state index contributed by atoms with van der Waals surface area (Å²) >= 11 is 0. The predicted octanol–water partition coefficient (Wildman–Crippen LogP) is 1.11. The van der Waals surface area contributed by atoms with Gasteiger partial charge in [0.25, 0.3) is 15.9 Å². The number of hydrogen-bond donors (Lipinski definition) is 4. The SMILES string of the molecule is Cc1ccccc1NS(=O)(=O)c1ccc(C(=O)NCC2CNCC2O)cc1. The number of amides is 1. The van der Waals surface area contributed by atoms with Gasteiger partial charge in [-0.3, -0.25) is 9.52 Å². The van der Waals surface area contributed by atoms with Crippen molar-refractivity contribution < 1.29 is 18.3 Å². The zero-order valence-corrected chi connectivity index (χ0v) is 15.8. The van der Waals surface area contributed by atoms with Crippen LogP contribution in [-0.4, -0.2) is 45.2 Å². The van der Waals surface area contributed by atoms with Crippen LogP contribution in [0.15, 0.2) is 53.4 Å². The summed E-state index contributed by atoms with van der Waals surface area (Å²) in [6.07, 6.45) is -0.467. The Hall–Kier alpha value is -2.42. The molecule has 1 fully saturated rings. The highest BCUT2D eigenvalue weighted by atomic mass is 32.2. The minimum absolute atomic E-state index is 0.0214. The van der Waals surface area contributed by atoms with Gasteiger partial charge in [-0.1, -0.05) is 18.2 Å². The van der Waals surface area contributed by atoms with Crippen LogP contribution in [0.25, 0.3) is 0 Å². The second kappa shape index (κ2) is 8.08. The molecule has 4 N–H and O–H groups in total. The molecule has 2 unspecified atom stereocenters. The summed E-state index contributed by atoms with van der Waals surface area (Å²) in [7, 11) is -3.73. The lowest BCUT2D eigenvalue weighted by atomic mass is 10.1. The predicted molar refractivity (Wildman–Crippen MR) is 103 cm³/mol. The van der Waals surface area contributed by atoms with Gasteiger partial charge in [0.15, 0.2) is 0 Å². The van der Waals surface area contributed by atoms with Crippen LogP contribution >= 0.6 is 0 Å². The first kappa shape index (κ1) is 19.3. The highest BCUT2D eigenvalue weighted by Crippen LogP contribution is 2.19. The quantitative estimate of drug-likeness (QED) is 0.592. The number of nitrogens with one attached hydrogen (secondary N) is 3. The lowest BCUT2D eigenvalue weighted by molar-refractivity contribution is 0.0927. The van der Waals surface area contributed by atoms with Crippen molar-refractivity contribution in [3.8, 4) is 0 Å². The fourth-order valence-electron chi connectivity index (χ4n) is 2.93. The summed E-state index contributed by atoms with van der Waals surface area (Å²) in [5.74, 6) is -0.322. The third-order valence-electron chi connectivity index (χ3n) is 4.65. The number of para-hydroxylation sites is 1. The largest absolute Gasteiger partial charge is 0.391 e. The zero-order valence-electron chi connectivity index (χ0n) is 15.0. The van der Waals surface area contributed by atoms with Gasteiger partial charge in [0.1, 0.15) is 0 Å². The minimum Gasteiger partial charge on any atom is -0.391 e. The van der Waals surface area contributed by atoms with E-state index >= 15 is 0 Å². The second-order valence-electron chi connectivity index (χ2n) is 6.64. The number of anilines is 1. The van der Waals surface area contributed by atoms with Gasteiger partial charge in [0.2, 0.25) is 0 Å². The lowest BCUT2D eigenvalue weighted by Crippen LogP contribution is -2.34. The molecule has 1 aliphatic heterocycles. The van der Waals surface area contributed by atoms with Crippen LogP contribution < -0.4 is 15.4 Å². The molecular formula is C19H23N3O4S. The Kier molecular flexibility index (Phi) is 5.79. The molecule has 1 saturated heterocycles. The average Bonchev–Trinajstić information content (AvgIpc) is 3.06. The molecular weight excluding hydrogens is 366 g/mol. The van der Waals surface area contributed by atoms with E-state index in [0.29, 0.717) is 30.9 Å². The number of sulfonamides is 1. The van der Waals surface area contributed by atoms with E-state index in [4.69, 9.17) is 0 Å². The van der Waals surface area contributed by atoms with Gasteiger partial charge in [-0.25, -0.2) is 8.42 Å². The third-order valence-corrected chi connectivity index (χ3v) is 6.03. The van der Waals surface area contributed by atoms with Crippen molar-refractivity contribution >= 4 is 21.6 Å². The summed E-state index contributed by atoms with van der Waals surface area (Å²) in [4.78, 5) is 12.3. The van der Waals surface area contributed by atoms with Crippen LogP contribution in [0.4, 0.5) is 5.69 Å². The number of rotatable bonds is 6. The van der Waals surface area contributed by atoms with Gasteiger partial charge in [-0.2, -0.15) is 0 Å². The van der Waals surface area contributed by atoms with Gasteiger partial charge in [-0.15, -0.1) is 0 Å². The van der Waals surface area contributed by atoms with Crippen molar-refractivity contribution in [1.29, 1.82) is 0 Å². The van der Waals surface area contributed by atoms with Crippen molar-refractivity contribution in [2.45, 2.75) is 17.9 Å². The van der Waals surface area contributed by atoms with Gasteiger partial charge < -0.3 is 15.7 Å². The smallest absolute Gasteiger partial charge is 0.261 e. The minimum atomic E-state index is -3.73. The summed E-state index contributed by atoms with van der Waals surface area (Å²) in [5.41, 5.74) is 1.70. The molecule has 0 radical (unpaired) electrons. The van der Waals surface area contributed by atoms with E-state index in [1.165, 1.54) is 24.3 Å². The number of carbonyl (C=O) groups is 1. The number of benzene rings is 2. The topological polar surface area (TPSA) is 108 Å². The molecule has 1 amide bonds. The van der Waals surface area contributed by atoms with Gasteiger partial charge >= 0.3 is 0 Å². The van der Waals surface area contributed by atoms with Crippen LogP contribution in [0.2, 0.25) is 0 Å².